The highest BCUT2D eigenvalue weighted by Gasteiger charge is 2.43. The van der Waals surface area contributed by atoms with Crippen molar-refractivity contribution < 1.29 is 40.6 Å². The third-order valence-corrected chi connectivity index (χ3v) is 2.97. The molecule has 0 N–H and O–H groups in total. The molecule has 0 atom stereocenters. The molecule has 0 aliphatic carbocycles. The predicted octanol–water partition coefficient (Wildman–Crippen LogP) is 3.61. The first kappa shape index (κ1) is 18.5. The minimum Gasteiger partial charge on any atom is -0.469 e. The molecule has 0 aliphatic heterocycles. The van der Waals surface area contributed by atoms with Gasteiger partial charge in [-0.1, -0.05) is 15.9 Å². The molecule has 4 nitrogen and oxygen atoms in total. The normalized spacial score (nSPS) is 12.2. The Bertz CT molecular complexity index is 558. The van der Waals surface area contributed by atoms with Crippen molar-refractivity contribution in [3.8, 4) is 5.75 Å². The number of carbonyl (C=O) groups is 1. The molecule has 0 amide bonds. The van der Waals surface area contributed by atoms with Gasteiger partial charge in [-0.05, 0) is 0 Å². The number of hydrogen-bond donors (Lipinski definition) is 0. The standard InChI is InChI=1S/C11H8BrF6NO3/c1-21-7(20)2-6-8(10(13,14)15)9(22-11(16,17)18)5(3-12)4-19-6/h4H,2-3H2,1H3. The van der Waals surface area contributed by atoms with E-state index in [1.807, 2.05) is 0 Å². The van der Waals surface area contributed by atoms with Crippen molar-refractivity contribution in [2.45, 2.75) is 24.3 Å². The van der Waals surface area contributed by atoms with E-state index in [0.717, 1.165) is 13.3 Å². The van der Waals surface area contributed by atoms with Crippen molar-refractivity contribution in [3.05, 3.63) is 23.0 Å². The second-order valence-corrected chi connectivity index (χ2v) is 4.43. The Hall–Kier alpha value is -1.52. The van der Waals surface area contributed by atoms with Crippen LogP contribution in [0.1, 0.15) is 16.8 Å². The molecule has 0 saturated carbocycles. The molecule has 0 fully saturated rings. The van der Waals surface area contributed by atoms with Crippen LogP contribution >= 0.6 is 15.9 Å². The quantitative estimate of drug-likeness (QED) is 0.444. The van der Waals surface area contributed by atoms with Gasteiger partial charge in [-0.3, -0.25) is 9.78 Å². The minimum atomic E-state index is -5.33. The molecule has 0 aliphatic rings. The third kappa shape index (κ3) is 4.75. The zero-order valence-corrected chi connectivity index (χ0v) is 12.4. The largest absolute Gasteiger partial charge is 0.573 e. The zero-order valence-electron chi connectivity index (χ0n) is 10.8. The van der Waals surface area contributed by atoms with E-state index in [9.17, 15) is 31.1 Å². The summed E-state index contributed by atoms with van der Waals surface area (Å²) in [4.78, 5) is 14.5. The third-order valence-electron chi connectivity index (χ3n) is 2.37. The lowest BCUT2D eigenvalue weighted by molar-refractivity contribution is -0.276. The summed E-state index contributed by atoms with van der Waals surface area (Å²) in [5, 5.41) is -0.354. The number of methoxy groups -OCH3 is 1. The van der Waals surface area contributed by atoms with E-state index in [1.165, 1.54) is 0 Å². The van der Waals surface area contributed by atoms with Crippen molar-refractivity contribution in [1.82, 2.24) is 4.98 Å². The van der Waals surface area contributed by atoms with Crippen molar-refractivity contribution >= 4 is 21.9 Å². The first-order valence-electron chi connectivity index (χ1n) is 5.46. The van der Waals surface area contributed by atoms with Crippen LogP contribution in [-0.4, -0.2) is 24.4 Å². The Kier molecular flexibility index (Phi) is 5.65. The van der Waals surface area contributed by atoms with Crippen molar-refractivity contribution in [3.63, 3.8) is 0 Å². The van der Waals surface area contributed by atoms with Gasteiger partial charge in [0, 0.05) is 17.1 Å². The van der Waals surface area contributed by atoms with E-state index in [4.69, 9.17) is 0 Å². The molecule has 0 spiro atoms. The Labute approximate surface area is 128 Å². The van der Waals surface area contributed by atoms with E-state index in [2.05, 4.69) is 30.4 Å². The monoisotopic (exact) mass is 395 g/mol. The van der Waals surface area contributed by atoms with Gasteiger partial charge < -0.3 is 9.47 Å². The summed E-state index contributed by atoms with van der Waals surface area (Å²) in [6.45, 7) is 0. The molecule has 0 radical (unpaired) electrons. The lowest BCUT2D eigenvalue weighted by Gasteiger charge is -2.20. The second kappa shape index (κ2) is 6.71. The molecule has 0 saturated heterocycles. The molecule has 0 unspecified atom stereocenters. The number of halogens is 7. The topological polar surface area (TPSA) is 48.4 Å². The van der Waals surface area contributed by atoms with Crippen LogP contribution in [-0.2, 0) is 27.5 Å². The second-order valence-electron chi connectivity index (χ2n) is 3.87. The smallest absolute Gasteiger partial charge is 0.469 e. The fraction of sp³-hybridized carbons (Fsp3) is 0.455. The molecule has 0 bridgehead atoms. The van der Waals surface area contributed by atoms with Crippen LogP contribution in [0.5, 0.6) is 5.75 Å². The number of nitrogens with zero attached hydrogens (tertiary/aromatic N) is 1. The van der Waals surface area contributed by atoms with Crippen molar-refractivity contribution in [2.75, 3.05) is 7.11 Å². The minimum absolute atomic E-state index is 0.354. The average Bonchev–Trinajstić information content (AvgIpc) is 2.35. The molecule has 0 aromatic carbocycles. The number of ether oxygens (including phenoxy) is 2. The molecule has 124 valence electrons. The SMILES string of the molecule is COC(=O)Cc1ncc(CBr)c(OC(F)(F)F)c1C(F)(F)F. The number of alkyl halides is 7. The first-order valence-corrected chi connectivity index (χ1v) is 6.58. The molecule has 1 aromatic heterocycles. The van der Waals surface area contributed by atoms with Gasteiger partial charge in [0.1, 0.15) is 11.3 Å². The van der Waals surface area contributed by atoms with E-state index in [0.29, 0.717) is 0 Å². The first-order chi connectivity index (χ1) is 9.99. The van der Waals surface area contributed by atoms with Gasteiger partial charge in [0.25, 0.3) is 0 Å². The molecule has 11 heteroatoms. The van der Waals surface area contributed by atoms with Crippen LogP contribution < -0.4 is 4.74 Å². The van der Waals surface area contributed by atoms with Gasteiger partial charge in [0.15, 0.2) is 0 Å². The van der Waals surface area contributed by atoms with E-state index in [-0.39, 0.29) is 5.33 Å². The summed E-state index contributed by atoms with van der Waals surface area (Å²) < 4.78 is 84.1. The predicted molar refractivity (Wildman–Crippen MR) is 64.3 cm³/mol. The molecule has 22 heavy (non-hydrogen) atoms. The van der Waals surface area contributed by atoms with Crippen LogP contribution in [0.4, 0.5) is 26.3 Å². The number of pyridine rings is 1. The Morgan fingerprint density at radius 3 is 2.27 bits per heavy atom. The van der Waals surface area contributed by atoms with Gasteiger partial charge in [0.05, 0.1) is 19.2 Å². The lowest BCUT2D eigenvalue weighted by Crippen LogP contribution is -2.23. The zero-order chi connectivity index (χ0) is 17.1. The number of esters is 1. The summed E-state index contributed by atoms with van der Waals surface area (Å²) in [5.74, 6) is -2.52. The molecular weight excluding hydrogens is 388 g/mol. The van der Waals surface area contributed by atoms with Crippen LogP contribution in [0.15, 0.2) is 6.20 Å². The van der Waals surface area contributed by atoms with Gasteiger partial charge >= 0.3 is 18.5 Å². The molecular formula is C11H8BrF6NO3. The van der Waals surface area contributed by atoms with Crippen molar-refractivity contribution in [1.29, 1.82) is 0 Å². The fourth-order valence-corrected chi connectivity index (χ4v) is 1.93. The van der Waals surface area contributed by atoms with Crippen LogP contribution in [0.3, 0.4) is 0 Å². The van der Waals surface area contributed by atoms with Gasteiger partial charge in [-0.2, -0.15) is 13.2 Å². The number of aromatic nitrogens is 1. The van der Waals surface area contributed by atoms with E-state index >= 15 is 0 Å². The van der Waals surface area contributed by atoms with Crippen LogP contribution in [0, 0.1) is 0 Å². The number of carbonyl (C=O) groups excluding carboxylic acids is 1. The Morgan fingerprint density at radius 1 is 1.27 bits per heavy atom. The fourth-order valence-electron chi connectivity index (χ4n) is 1.53. The maximum Gasteiger partial charge on any atom is 0.573 e. The maximum absolute atomic E-state index is 13.1. The summed E-state index contributed by atoms with van der Waals surface area (Å²) in [6, 6.07) is 0. The Balaban J connectivity index is 3.54. The highest BCUT2D eigenvalue weighted by molar-refractivity contribution is 9.08. The summed E-state index contributed by atoms with van der Waals surface area (Å²) in [6.07, 6.45) is -10.7. The maximum atomic E-state index is 13.1. The summed E-state index contributed by atoms with van der Waals surface area (Å²) in [7, 11) is 0.926. The van der Waals surface area contributed by atoms with E-state index < -0.39 is 47.5 Å². The van der Waals surface area contributed by atoms with Gasteiger partial charge in [-0.15, -0.1) is 13.2 Å². The molecule has 1 rings (SSSR count). The summed E-state index contributed by atoms with van der Waals surface area (Å²) >= 11 is 2.76. The van der Waals surface area contributed by atoms with Crippen LogP contribution in [0.2, 0.25) is 0 Å². The van der Waals surface area contributed by atoms with Crippen molar-refractivity contribution in [2.24, 2.45) is 0 Å². The van der Waals surface area contributed by atoms with E-state index in [1.54, 1.807) is 0 Å². The Morgan fingerprint density at radius 2 is 1.86 bits per heavy atom. The molecule has 1 aromatic rings. The lowest BCUT2D eigenvalue weighted by atomic mass is 10.1. The highest BCUT2D eigenvalue weighted by atomic mass is 79.9. The van der Waals surface area contributed by atoms with Gasteiger partial charge in [0.2, 0.25) is 0 Å². The molecule has 1 heterocycles. The van der Waals surface area contributed by atoms with Gasteiger partial charge in [-0.25, -0.2) is 0 Å². The highest BCUT2D eigenvalue weighted by Crippen LogP contribution is 2.42. The number of rotatable bonds is 4. The van der Waals surface area contributed by atoms with Crippen LogP contribution in [0.25, 0.3) is 0 Å². The average molecular weight is 396 g/mol. The summed E-state index contributed by atoms with van der Waals surface area (Å²) in [5.41, 5.74) is -3.13. The number of hydrogen-bond acceptors (Lipinski definition) is 4.